The largest absolute Gasteiger partial charge is 0.367 e. The number of anilines is 1. The summed E-state index contributed by atoms with van der Waals surface area (Å²) in [5.41, 5.74) is 0. The van der Waals surface area contributed by atoms with Gasteiger partial charge in [-0.25, -0.2) is 9.97 Å². The molecule has 0 amide bonds. The molecule has 2 aromatic heterocycles. The van der Waals surface area contributed by atoms with E-state index in [-0.39, 0.29) is 0 Å². The van der Waals surface area contributed by atoms with Gasteiger partial charge in [-0.1, -0.05) is 12.8 Å². The smallest absolute Gasteiger partial charge is 0.225 e. The highest BCUT2D eigenvalue weighted by Gasteiger charge is 2.24. The standard InChI is InChI=1S/C13H16ClN3S/c1-7(5-9-3-4-9)15-11-10-6-8(2)18-12(10)17-13(14)16-11/h6-7,9H,3-5H2,1-2H3,(H,15,16,17). The van der Waals surface area contributed by atoms with Crippen LogP contribution in [0, 0.1) is 12.8 Å². The average molecular weight is 282 g/mol. The van der Waals surface area contributed by atoms with Gasteiger partial charge < -0.3 is 5.32 Å². The van der Waals surface area contributed by atoms with Crippen molar-refractivity contribution in [2.45, 2.75) is 39.2 Å². The topological polar surface area (TPSA) is 37.8 Å². The summed E-state index contributed by atoms with van der Waals surface area (Å²) in [5, 5.41) is 4.89. The van der Waals surface area contributed by atoms with E-state index < -0.39 is 0 Å². The van der Waals surface area contributed by atoms with Crippen molar-refractivity contribution in [3.8, 4) is 0 Å². The van der Waals surface area contributed by atoms with Crippen LogP contribution in [-0.4, -0.2) is 16.0 Å². The van der Waals surface area contributed by atoms with Gasteiger partial charge in [0.05, 0.1) is 5.39 Å². The van der Waals surface area contributed by atoms with Crippen molar-refractivity contribution in [1.82, 2.24) is 9.97 Å². The zero-order valence-electron chi connectivity index (χ0n) is 10.5. The number of hydrogen-bond donors (Lipinski definition) is 1. The van der Waals surface area contributed by atoms with Gasteiger partial charge in [0, 0.05) is 10.9 Å². The van der Waals surface area contributed by atoms with Crippen molar-refractivity contribution < 1.29 is 0 Å². The average Bonchev–Trinajstić information content (AvgIpc) is 2.99. The number of hydrogen-bond acceptors (Lipinski definition) is 4. The highest BCUT2D eigenvalue weighted by atomic mass is 35.5. The molecule has 1 aliphatic rings. The zero-order valence-corrected chi connectivity index (χ0v) is 12.1. The Morgan fingerprint density at radius 2 is 2.28 bits per heavy atom. The van der Waals surface area contributed by atoms with E-state index in [1.807, 2.05) is 0 Å². The molecule has 0 aliphatic heterocycles. The molecule has 0 aromatic carbocycles. The van der Waals surface area contributed by atoms with Gasteiger partial charge in [0.25, 0.3) is 0 Å². The van der Waals surface area contributed by atoms with Crippen LogP contribution in [0.25, 0.3) is 10.2 Å². The van der Waals surface area contributed by atoms with E-state index in [2.05, 4.69) is 35.2 Å². The molecule has 0 spiro atoms. The first-order valence-electron chi connectivity index (χ1n) is 6.32. The van der Waals surface area contributed by atoms with Crippen molar-refractivity contribution in [2.24, 2.45) is 5.92 Å². The Hall–Kier alpha value is -0.870. The number of aryl methyl sites for hydroxylation is 1. The lowest BCUT2D eigenvalue weighted by molar-refractivity contribution is 0.640. The molecule has 18 heavy (non-hydrogen) atoms. The molecular formula is C13H16ClN3S. The number of nitrogens with one attached hydrogen (secondary N) is 1. The third-order valence-electron chi connectivity index (χ3n) is 3.26. The molecule has 2 aromatic rings. The zero-order chi connectivity index (χ0) is 12.7. The Morgan fingerprint density at radius 1 is 1.50 bits per heavy atom. The van der Waals surface area contributed by atoms with Crippen LogP contribution in [0.15, 0.2) is 6.07 Å². The molecule has 1 atom stereocenters. The molecule has 0 bridgehead atoms. The second-order valence-electron chi connectivity index (χ2n) is 5.14. The number of aromatic nitrogens is 2. The van der Waals surface area contributed by atoms with Gasteiger partial charge in [0.1, 0.15) is 10.6 Å². The van der Waals surface area contributed by atoms with E-state index >= 15 is 0 Å². The molecule has 1 fully saturated rings. The summed E-state index contributed by atoms with van der Waals surface area (Å²) in [6.45, 7) is 4.29. The molecule has 1 N–H and O–H groups in total. The van der Waals surface area contributed by atoms with Gasteiger partial charge in [-0.05, 0) is 43.9 Å². The number of rotatable bonds is 4. The summed E-state index contributed by atoms with van der Waals surface area (Å²) in [4.78, 5) is 10.8. The molecule has 2 heterocycles. The number of thiophene rings is 1. The molecule has 0 saturated heterocycles. The van der Waals surface area contributed by atoms with Crippen molar-refractivity contribution in [3.05, 3.63) is 16.2 Å². The monoisotopic (exact) mass is 281 g/mol. The lowest BCUT2D eigenvalue weighted by Crippen LogP contribution is -2.17. The summed E-state index contributed by atoms with van der Waals surface area (Å²) in [6.07, 6.45) is 3.97. The fourth-order valence-corrected chi connectivity index (χ4v) is 3.37. The number of halogens is 1. The SMILES string of the molecule is Cc1cc2c(NC(C)CC3CC3)nc(Cl)nc2s1. The molecule has 1 aliphatic carbocycles. The molecule has 0 radical (unpaired) electrons. The number of nitrogens with zero attached hydrogens (tertiary/aromatic N) is 2. The summed E-state index contributed by atoms with van der Waals surface area (Å²) >= 11 is 7.64. The highest BCUT2D eigenvalue weighted by Crippen LogP contribution is 2.35. The number of fused-ring (bicyclic) bond motifs is 1. The Labute approximate surface area is 116 Å². The summed E-state index contributed by atoms with van der Waals surface area (Å²) in [6, 6.07) is 2.56. The third-order valence-corrected chi connectivity index (χ3v) is 4.37. The maximum Gasteiger partial charge on any atom is 0.225 e. The maximum absolute atomic E-state index is 5.98. The summed E-state index contributed by atoms with van der Waals surface area (Å²) in [5.74, 6) is 1.78. The van der Waals surface area contributed by atoms with E-state index in [0.717, 1.165) is 22.0 Å². The molecule has 3 nitrogen and oxygen atoms in total. The predicted octanol–water partition coefficient (Wildman–Crippen LogP) is 4.25. The Kier molecular flexibility index (Phi) is 3.16. The normalized spacial score (nSPS) is 17.1. The summed E-state index contributed by atoms with van der Waals surface area (Å²) in [7, 11) is 0. The van der Waals surface area contributed by atoms with Gasteiger partial charge in [-0.15, -0.1) is 11.3 Å². The van der Waals surface area contributed by atoms with Crippen molar-refractivity contribution in [1.29, 1.82) is 0 Å². The molecule has 1 saturated carbocycles. The maximum atomic E-state index is 5.98. The molecule has 96 valence electrons. The lowest BCUT2D eigenvalue weighted by Gasteiger charge is -2.14. The van der Waals surface area contributed by atoms with E-state index in [1.165, 1.54) is 24.1 Å². The van der Waals surface area contributed by atoms with Crippen LogP contribution in [0.4, 0.5) is 5.82 Å². The minimum absolute atomic E-state index is 0.325. The van der Waals surface area contributed by atoms with Gasteiger partial charge >= 0.3 is 0 Å². The highest BCUT2D eigenvalue weighted by molar-refractivity contribution is 7.18. The van der Waals surface area contributed by atoms with Crippen LogP contribution in [0.5, 0.6) is 0 Å². The molecule has 1 unspecified atom stereocenters. The first-order chi connectivity index (χ1) is 8.61. The second kappa shape index (κ2) is 4.67. The van der Waals surface area contributed by atoms with E-state index in [4.69, 9.17) is 11.6 Å². The Bertz CT molecular complexity index is 577. The van der Waals surface area contributed by atoms with E-state index in [9.17, 15) is 0 Å². The fourth-order valence-electron chi connectivity index (χ4n) is 2.27. The molecular weight excluding hydrogens is 266 g/mol. The minimum Gasteiger partial charge on any atom is -0.367 e. The van der Waals surface area contributed by atoms with Gasteiger partial charge in [-0.2, -0.15) is 0 Å². The predicted molar refractivity (Wildman–Crippen MR) is 77.6 cm³/mol. The fraction of sp³-hybridized carbons (Fsp3) is 0.538. The third kappa shape index (κ3) is 2.59. The summed E-state index contributed by atoms with van der Waals surface area (Å²) < 4.78 is 0. The van der Waals surface area contributed by atoms with Crippen LogP contribution in [-0.2, 0) is 0 Å². The quantitative estimate of drug-likeness (QED) is 0.851. The van der Waals surface area contributed by atoms with E-state index in [0.29, 0.717) is 11.3 Å². The van der Waals surface area contributed by atoms with Crippen LogP contribution in [0.2, 0.25) is 5.28 Å². The van der Waals surface area contributed by atoms with Crippen molar-refractivity contribution in [2.75, 3.05) is 5.32 Å². The van der Waals surface area contributed by atoms with Gasteiger partial charge in [0.2, 0.25) is 5.28 Å². The molecule has 3 rings (SSSR count). The second-order valence-corrected chi connectivity index (χ2v) is 6.71. The Morgan fingerprint density at radius 3 is 3.00 bits per heavy atom. The Balaban J connectivity index is 1.88. The van der Waals surface area contributed by atoms with Gasteiger partial charge in [-0.3, -0.25) is 0 Å². The molecule has 5 heteroatoms. The van der Waals surface area contributed by atoms with Crippen LogP contribution < -0.4 is 5.32 Å². The van der Waals surface area contributed by atoms with Gasteiger partial charge in [0.15, 0.2) is 0 Å². The van der Waals surface area contributed by atoms with Crippen LogP contribution >= 0.6 is 22.9 Å². The lowest BCUT2D eigenvalue weighted by atomic mass is 10.1. The first-order valence-corrected chi connectivity index (χ1v) is 7.51. The van der Waals surface area contributed by atoms with Crippen molar-refractivity contribution >= 4 is 39.0 Å². The van der Waals surface area contributed by atoms with Crippen LogP contribution in [0.3, 0.4) is 0 Å². The minimum atomic E-state index is 0.325. The van der Waals surface area contributed by atoms with Crippen LogP contribution in [0.1, 0.15) is 31.1 Å². The van der Waals surface area contributed by atoms with Crippen molar-refractivity contribution in [3.63, 3.8) is 0 Å². The van der Waals surface area contributed by atoms with E-state index in [1.54, 1.807) is 11.3 Å². The first kappa shape index (κ1) is 12.2.